The highest BCUT2D eigenvalue weighted by Crippen LogP contribution is 2.60. The van der Waals surface area contributed by atoms with Crippen molar-refractivity contribution in [3.05, 3.63) is 87.3 Å². The summed E-state index contributed by atoms with van der Waals surface area (Å²) in [7, 11) is -1.31. The summed E-state index contributed by atoms with van der Waals surface area (Å²) in [6.07, 6.45) is 1.56. The van der Waals surface area contributed by atoms with E-state index >= 15 is 0 Å². The number of pyridine rings is 1. The van der Waals surface area contributed by atoms with Crippen molar-refractivity contribution in [3.63, 3.8) is 0 Å². The molecule has 1 spiro atoms. The van der Waals surface area contributed by atoms with Gasteiger partial charge in [-0.3, -0.25) is 14.2 Å². The summed E-state index contributed by atoms with van der Waals surface area (Å²) >= 11 is 6.42. The summed E-state index contributed by atoms with van der Waals surface area (Å²) < 4.78 is 13.2. The number of aromatic nitrogens is 1. The average Bonchev–Trinajstić information content (AvgIpc) is 3.31. The van der Waals surface area contributed by atoms with Gasteiger partial charge in [-0.05, 0) is 67.5 Å². The van der Waals surface area contributed by atoms with Crippen LogP contribution in [0.25, 0.3) is 5.69 Å². The molecule has 2 N–H and O–H groups in total. The number of hydrogen-bond donors (Lipinski definition) is 2. The number of aliphatic hydroxyl groups excluding tert-OH is 1. The second kappa shape index (κ2) is 10.2. The Bertz CT molecular complexity index is 1450. The van der Waals surface area contributed by atoms with Gasteiger partial charge < -0.3 is 24.3 Å². The number of aliphatic hydroxyl groups is 1. The molecule has 2 aliphatic heterocycles. The molecule has 0 bridgehead atoms. The summed E-state index contributed by atoms with van der Waals surface area (Å²) in [5.41, 5.74) is 1.14. The molecule has 0 unspecified atom stereocenters. The zero-order chi connectivity index (χ0) is 28.1. The number of hydrogen-bond acceptors (Lipinski definition) is 6. The van der Waals surface area contributed by atoms with Crippen LogP contribution in [-0.2, 0) is 21.7 Å². The highest BCUT2D eigenvalue weighted by Gasteiger charge is 2.66. The third-order valence-electron chi connectivity index (χ3n) is 8.05. The predicted octanol–water partition coefficient (Wildman–Crippen LogP) is 4.23. The van der Waals surface area contributed by atoms with E-state index < -0.39 is 20.0 Å². The van der Waals surface area contributed by atoms with Crippen molar-refractivity contribution in [2.24, 2.45) is 5.92 Å². The summed E-state index contributed by atoms with van der Waals surface area (Å²) in [5.74, 6) is -0.274. The molecule has 3 heterocycles. The lowest BCUT2D eigenvalue weighted by atomic mass is 9.82. The molecule has 1 fully saturated rings. The van der Waals surface area contributed by atoms with Gasteiger partial charge in [-0.2, -0.15) is 0 Å². The molecule has 5 rings (SSSR count). The fourth-order valence-corrected chi connectivity index (χ4v) is 9.16. The van der Waals surface area contributed by atoms with Crippen molar-refractivity contribution in [1.29, 1.82) is 0 Å². The Morgan fingerprint density at radius 2 is 1.85 bits per heavy atom. The lowest BCUT2D eigenvalue weighted by Gasteiger charge is -2.32. The number of carbonyl (C=O) groups excluding carboxylic acids is 1. The number of rotatable bonds is 7. The largest absolute Gasteiger partial charge is 0.491 e. The average molecular weight is 569 g/mol. The summed E-state index contributed by atoms with van der Waals surface area (Å²) in [6.45, 7) is 5.85. The smallest absolute Gasteiger partial charge is 0.297 e. The number of ether oxygens (including phenoxy) is 2. The zero-order valence-corrected chi connectivity index (χ0v) is 24.2. The van der Waals surface area contributed by atoms with Crippen LogP contribution in [0.1, 0.15) is 24.5 Å². The maximum absolute atomic E-state index is 14.3. The maximum atomic E-state index is 14.3. The van der Waals surface area contributed by atoms with Crippen molar-refractivity contribution in [2.45, 2.75) is 50.2 Å². The van der Waals surface area contributed by atoms with Gasteiger partial charge in [-0.15, -0.1) is 0 Å². The topological polar surface area (TPSA) is 101 Å². The third kappa shape index (κ3) is 4.52. The Labute approximate surface area is 233 Å². The lowest BCUT2D eigenvalue weighted by Crippen LogP contribution is -2.46. The minimum absolute atomic E-state index is 0.0997. The Morgan fingerprint density at radius 1 is 1.13 bits per heavy atom. The third-order valence-corrected chi connectivity index (χ3v) is 10.8. The molecule has 2 aliphatic rings. The first-order chi connectivity index (χ1) is 18.5. The van der Waals surface area contributed by atoms with Gasteiger partial charge in [0.25, 0.3) is 11.5 Å². The number of anilines is 1. The Hall–Kier alpha value is -2.95. The van der Waals surface area contributed by atoms with E-state index in [9.17, 15) is 19.5 Å². The molecular weight excluding hydrogens is 536 g/mol. The lowest BCUT2D eigenvalue weighted by molar-refractivity contribution is -0.146. The molecule has 0 saturated carbocycles. The quantitative estimate of drug-likeness (QED) is 0.414. The summed E-state index contributed by atoms with van der Waals surface area (Å²) in [6, 6.07) is 16.2. The normalized spacial score (nSPS) is 24.4. The van der Waals surface area contributed by atoms with Crippen LogP contribution in [0.2, 0.25) is 23.7 Å². The van der Waals surface area contributed by atoms with Crippen LogP contribution in [0.5, 0.6) is 5.75 Å². The van der Waals surface area contributed by atoms with Crippen molar-refractivity contribution in [3.8, 4) is 11.4 Å². The molecule has 3 aromatic rings. The van der Waals surface area contributed by atoms with Gasteiger partial charge in [-0.25, -0.2) is 0 Å². The Kier molecular flexibility index (Phi) is 7.24. The van der Waals surface area contributed by atoms with Gasteiger partial charge in [0.2, 0.25) is 0 Å². The van der Waals surface area contributed by atoms with Crippen molar-refractivity contribution in [1.82, 2.24) is 4.57 Å². The Morgan fingerprint density at radius 3 is 2.49 bits per heavy atom. The maximum Gasteiger partial charge on any atom is 0.297 e. The van der Waals surface area contributed by atoms with Gasteiger partial charge in [0.1, 0.15) is 0 Å². The standard InChI is InChI=1S/C29H33ClN2O6Si/c1-18-26(39(3,4)36)24(13-15-33)38-29(18)22-16-20(30)9-12-23(22)32(28(29)35)17-19-7-10-21(11-8-19)31-14-5-6-25(37-2)27(31)34/h5-12,14,16,18,24,26,33,36H,13,15,17H2,1-4H3/t18-,24+,26-,29+/m1/s1. The first kappa shape index (κ1) is 27.6. The number of benzene rings is 2. The van der Waals surface area contributed by atoms with Gasteiger partial charge in [0.05, 0.1) is 25.4 Å². The molecule has 1 amide bonds. The molecule has 10 heteroatoms. The van der Waals surface area contributed by atoms with Crippen LogP contribution in [0.15, 0.2) is 65.6 Å². The van der Waals surface area contributed by atoms with E-state index in [1.165, 1.54) is 11.7 Å². The number of amides is 1. The molecule has 39 heavy (non-hydrogen) atoms. The first-order valence-corrected chi connectivity index (χ1v) is 16.4. The number of methoxy groups -OCH3 is 1. The van der Waals surface area contributed by atoms with Crippen LogP contribution in [0, 0.1) is 5.92 Å². The van der Waals surface area contributed by atoms with Crippen LogP contribution in [0.3, 0.4) is 0 Å². The van der Waals surface area contributed by atoms with E-state index in [0.29, 0.717) is 28.4 Å². The van der Waals surface area contributed by atoms with E-state index in [-0.39, 0.29) is 41.8 Å². The molecule has 2 aromatic carbocycles. The van der Waals surface area contributed by atoms with Crippen LogP contribution < -0.4 is 15.2 Å². The van der Waals surface area contributed by atoms with Crippen molar-refractivity contribution in [2.75, 3.05) is 18.6 Å². The summed E-state index contributed by atoms with van der Waals surface area (Å²) in [5, 5.41) is 10.2. The number of carbonyl (C=O) groups is 1. The van der Waals surface area contributed by atoms with Crippen molar-refractivity contribution >= 4 is 31.5 Å². The number of fused-ring (bicyclic) bond motifs is 2. The zero-order valence-electron chi connectivity index (χ0n) is 22.4. The molecule has 1 saturated heterocycles. The minimum Gasteiger partial charge on any atom is -0.491 e. The predicted molar refractivity (Wildman–Crippen MR) is 152 cm³/mol. The molecule has 1 aromatic heterocycles. The minimum atomic E-state index is -2.77. The first-order valence-electron chi connectivity index (χ1n) is 13.0. The van der Waals surface area contributed by atoms with Crippen LogP contribution in [0.4, 0.5) is 5.69 Å². The fraction of sp³-hybridized carbons (Fsp3) is 0.379. The van der Waals surface area contributed by atoms with Crippen LogP contribution >= 0.6 is 11.6 Å². The summed E-state index contributed by atoms with van der Waals surface area (Å²) in [4.78, 5) is 39.8. The monoisotopic (exact) mass is 568 g/mol. The van der Waals surface area contributed by atoms with E-state index in [4.69, 9.17) is 21.1 Å². The second-order valence-corrected chi connectivity index (χ2v) is 15.3. The van der Waals surface area contributed by atoms with Crippen LogP contribution in [-0.4, -0.2) is 48.5 Å². The van der Waals surface area contributed by atoms with E-state index in [1.807, 2.05) is 50.3 Å². The van der Waals surface area contributed by atoms with E-state index in [1.54, 1.807) is 35.4 Å². The molecule has 0 radical (unpaired) electrons. The second-order valence-electron chi connectivity index (χ2n) is 10.8. The number of halogens is 1. The molecule has 206 valence electrons. The number of nitrogens with zero attached hydrogens (tertiary/aromatic N) is 2. The molecular formula is C29H33ClN2O6Si. The highest BCUT2D eigenvalue weighted by atomic mass is 35.5. The van der Waals surface area contributed by atoms with Gasteiger partial charge in [0.15, 0.2) is 19.7 Å². The Balaban J connectivity index is 1.51. The fourth-order valence-electron chi connectivity index (χ4n) is 6.38. The SMILES string of the molecule is COc1cccn(-c2ccc(CN3C(=O)[C@@]4(O[C@@H](CCO)[C@H]([Si](C)(C)O)[C@H]4C)c4cc(Cl)ccc43)cc2)c1=O. The molecule has 0 aliphatic carbocycles. The van der Waals surface area contributed by atoms with Gasteiger partial charge in [0, 0.05) is 40.5 Å². The highest BCUT2D eigenvalue weighted by molar-refractivity contribution is 6.71. The molecule has 4 atom stereocenters. The van der Waals surface area contributed by atoms with E-state index in [2.05, 4.69) is 0 Å². The van der Waals surface area contributed by atoms with E-state index in [0.717, 1.165) is 5.56 Å². The molecule has 8 nitrogen and oxygen atoms in total. The van der Waals surface area contributed by atoms with Crippen molar-refractivity contribution < 1.29 is 24.2 Å². The van der Waals surface area contributed by atoms with Gasteiger partial charge >= 0.3 is 0 Å². The van der Waals surface area contributed by atoms with Gasteiger partial charge in [-0.1, -0.05) is 30.7 Å².